The van der Waals surface area contributed by atoms with Crippen LogP contribution in [-0.4, -0.2) is 19.2 Å². The van der Waals surface area contributed by atoms with E-state index in [1.807, 2.05) is 0 Å². The third-order valence-electron chi connectivity index (χ3n) is 3.02. The fraction of sp³-hybridized carbons (Fsp3) is 0.429. The molecule has 0 aliphatic rings. The third-order valence-corrected chi connectivity index (χ3v) is 6.08. The number of hydrogen-bond donors (Lipinski definition) is 0. The molecule has 2 rings (SSSR count). The van der Waals surface area contributed by atoms with Crippen molar-refractivity contribution in [3.63, 3.8) is 0 Å². The zero-order chi connectivity index (χ0) is 14.0. The number of fused-ring (bicyclic) bond motifs is 1. The van der Waals surface area contributed by atoms with Gasteiger partial charge in [-0.1, -0.05) is 41.6 Å². The van der Waals surface area contributed by atoms with E-state index in [9.17, 15) is 0 Å². The number of ether oxygens (including phenoxy) is 1. The van der Waals surface area contributed by atoms with Crippen molar-refractivity contribution in [2.45, 2.75) is 32.4 Å². The summed E-state index contributed by atoms with van der Waals surface area (Å²) in [5.74, 6) is 0. The van der Waals surface area contributed by atoms with Gasteiger partial charge in [0.15, 0.2) is 0 Å². The first-order valence-electron chi connectivity index (χ1n) is 6.38. The number of nitrogens with zero attached hydrogens (tertiary/aromatic N) is 1. The van der Waals surface area contributed by atoms with Gasteiger partial charge in [-0.15, -0.1) is 0 Å². The number of rotatable bonds is 5. The molecule has 0 aliphatic carbocycles. The van der Waals surface area contributed by atoms with Crippen molar-refractivity contribution >= 4 is 57.5 Å². The summed E-state index contributed by atoms with van der Waals surface area (Å²) in [5, 5.41) is 1.29. The van der Waals surface area contributed by atoms with Crippen LogP contribution in [-0.2, 0) is 11.5 Å². The van der Waals surface area contributed by atoms with Gasteiger partial charge in [0, 0.05) is 34.3 Å². The molecule has 0 spiro atoms. The second kappa shape index (κ2) is 6.28. The summed E-state index contributed by atoms with van der Waals surface area (Å²) in [5.41, 5.74) is 1.23. The maximum absolute atomic E-state index is 5.84. The Morgan fingerprint density at radius 1 is 1.32 bits per heavy atom. The summed E-state index contributed by atoms with van der Waals surface area (Å²) >= 11 is 5.91. The second-order valence-electron chi connectivity index (χ2n) is 5.96. The van der Waals surface area contributed by atoms with Gasteiger partial charge in [0.25, 0.3) is 0 Å². The van der Waals surface area contributed by atoms with Crippen LogP contribution >= 0.6 is 38.5 Å². The van der Waals surface area contributed by atoms with Crippen LogP contribution in [0.25, 0.3) is 10.9 Å². The van der Waals surface area contributed by atoms with Crippen molar-refractivity contribution in [3.8, 4) is 0 Å². The predicted octanol–water partition coefficient (Wildman–Crippen LogP) is 5.32. The highest BCUT2D eigenvalue weighted by atomic mass is 127. The SMILES string of the molecule is C[Si](C)(C)CCOCn1cc(I)c2ccc(Br)cc21. The van der Waals surface area contributed by atoms with Gasteiger partial charge in [-0.25, -0.2) is 0 Å². The Bertz CT molecular complexity index is 577. The number of hydrogen-bond acceptors (Lipinski definition) is 1. The van der Waals surface area contributed by atoms with Gasteiger partial charge in [0.2, 0.25) is 0 Å². The fourth-order valence-corrected chi connectivity index (χ4v) is 3.77. The number of benzene rings is 1. The van der Waals surface area contributed by atoms with Crippen LogP contribution in [0.1, 0.15) is 0 Å². The van der Waals surface area contributed by atoms with Crippen LogP contribution in [0.15, 0.2) is 28.9 Å². The highest BCUT2D eigenvalue weighted by molar-refractivity contribution is 14.1. The van der Waals surface area contributed by atoms with E-state index in [1.54, 1.807) is 0 Å². The third kappa shape index (κ3) is 4.31. The first-order valence-corrected chi connectivity index (χ1v) is 12.0. The minimum Gasteiger partial charge on any atom is -0.361 e. The molecule has 1 aromatic heterocycles. The Hall–Kier alpha value is 0.147. The van der Waals surface area contributed by atoms with Crippen molar-refractivity contribution in [2.24, 2.45) is 0 Å². The lowest BCUT2D eigenvalue weighted by atomic mass is 10.2. The Kier molecular flexibility index (Phi) is 5.13. The van der Waals surface area contributed by atoms with Gasteiger partial charge in [-0.05, 0) is 40.8 Å². The molecule has 0 saturated carbocycles. The molecule has 0 unspecified atom stereocenters. The zero-order valence-electron chi connectivity index (χ0n) is 11.5. The fourth-order valence-electron chi connectivity index (χ4n) is 1.87. The van der Waals surface area contributed by atoms with E-state index in [0.29, 0.717) is 6.73 Å². The first kappa shape index (κ1) is 15.5. The number of aromatic nitrogens is 1. The molecular formula is C14H19BrINOSi. The summed E-state index contributed by atoms with van der Waals surface area (Å²) in [6.45, 7) is 8.63. The largest absolute Gasteiger partial charge is 0.361 e. The highest BCUT2D eigenvalue weighted by Gasteiger charge is 2.12. The highest BCUT2D eigenvalue weighted by Crippen LogP contribution is 2.26. The molecule has 0 radical (unpaired) electrons. The van der Waals surface area contributed by atoms with Gasteiger partial charge in [0.1, 0.15) is 6.73 Å². The normalized spacial score (nSPS) is 12.3. The topological polar surface area (TPSA) is 14.2 Å². The molecule has 0 fully saturated rings. The van der Waals surface area contributed by atoms with E-state index in [1.165, 1.54) is 20.5 Å². The molecule has 0 aliphatic heterocycles. The molecular weight excluding hydrogens is 433 g/mol. The Morgan fingerprint density at radius 3 is 2.74 bits per heavy atom. The summed E-state index contributed by atoms with van der Waals surface area (Å²) in [4.78, 5) is 0. The van der Waals surface area contributed by atoms with E-state index in [4.69, 9.17) is 4.74 Å². The molecule has 1 heterocycles. The molecule has 0 N–H and O–H groups in total. The molecule has 2 aromatic rings. The summed E-state index contributed by atoms with van der Waals surface area (Å²) < 4.78 is 10.4. The lowest BCUT2D eigenvalue weighted by Gasteiger charge is -2.15. The molecule has 0 atom stereocenters. The molecule has 19 heavy (non-hydrogen) atoms. The lowest BCUT2D eigenvalue weighted by Crippen LogP contribution is -2.21. The standard InChI is InChI=1S/C14H19BrINOSi/c1-19(2,3)7-6-18-10-17-9-13(16)12-5-4-11(15)8-14(12)17/h4-5,8-9H,6-7,10H2,1-3H3. The Labute approximate surface area is 137 Å². The van der Waals surface area contributed by atoms with Crippen LogP contribution in [0.4, 0.5) is 0 Å². The van der Waals surface area contributed by atoms with Gasteiger partial charge >= 0.3 is 0 Å². The van der Waals surface area contributed by atoms with E-state index in [2.05, 4.69) is 87.1 Å². The van der Waals surface area contributed by atoms with Gasteiger partial charge in [-0.2, -0.15) is 0 Å². The smallest absolute Gasteiger partial charge is 0.122 e. The maximum Gasteiger partial charge on any atom is 0.122 e. The second-order valence-corrected chi connectivity index (χ2v) is 13.7. The zero-order valence-corrected chi connectivity index (χ0v) is 16.3. The Balaban J connectivity index is 2.07. The summed E-state index contributed by atoms with van der Waals surface area (Å²) in [6.07, 6.45) is 2.16. The minimum absolute atomic E-state index is 0.639. The van der Waals surface area contributed by atoms with Crippen molar-refractivity contribution in [3.05, 3.63) is 32.4 Å². The van der Waals surface area contributed by atoms with Crippen LogP contribution in [0.3, 0.4) is 0 Å². The van der Waals surface area contributed by atoms with Gasteiger partial charge < -0.3 is 9.30 Å². The Morgan fingerprint density at radius 2 is 2.05 bits per heavy atom. The van der Waals surface area contributed by atoms with Crippen LogP contribution < -0.4 is 0 Å². The molecule has 1 aromatic carbocycles. The maximum atomic E-state index is 5.84. The van der Waals surface area contributed by atoms with Crippen LogP contribution in [0.2, 0.25) is 25.7 Å². The molecule has 104 valence electrons. The van der Waals surface area contributed by atoms with E-state index in [0.717, 1.165) is 11.1 Å². The molecule has 0 amide bonds. The van der Waals surface area contributed by atoms with Crippen molar-refractivity contribution in [1.29, 1.82) is 0 Å². The van der Waals surface area contributed by atoms with Gasteiger partial charge in [-0.3, -0.25) is 0 Å². The van der Waals surface area contributed by atoms with Gasteiger partial charge in [0.05, 0.1) is 5.52 Å². The van der Waals surface area contributed by atoms with E-state index < -0.39 is 8.07 Å². The summed E-state index contributed by atoms with van der Waals surface area (Å²) in [7, 11) is -0.996. The van der Waals surface area contributed by atoms with Crippen molar-refractivity contribution < 1.29 is 4.74 Å². The molecule has 0 bridgehead atoms. The average Bonchev–Trinajstić information content (AvgIpc) is 2.60. The first-order chi connectivity index (χ1) is 8.87. The van der Waals surface area contributed by atoms with E-state index >= 15 is 0 Å². The van der Waals surface area contributed by atoms with Crippen LogP contribution in [0, 0.1) is 3.57 Å². The van der Waals surface area contributed by atoms with E-state index in [-0.39, 0.29) is 0 Å². The molecule has 2 nitrogen and oxygen atoms in total. The monoisotopic (exact) mass is 451 g/mol. The quantitative estimate of drug-likeness (QED) is 0.341. The van der Waals surface area contributed by atoms with Crippen LogP contribution in [0.5, 0.6) is 0 Å². The minimum atomic E-state index is -0.996. The average molecular weight is 452 g/mol. The van der Waals surface area contributed by atoms with Crippen molar-refractivity contribution in [1.82, 2.24) is 4.57 Å². The number of halogens is 2. The summed E-state index contributed by atoms with van der Waals surface area (Å²) in [6, 6.07) is 7.60. The molecule has 5 heteroatoms. The van der Waals surface area contributed by atoms with Crippen molar-refractivity contribution in [2.75, 3.05) is 6.61 Å². The lowest BCUT2D eigenvalue weighted by molar-refractivity contribution is 0.0902. The molecule has 0 saturated heterocycles. The predicted molar refractivity (Wildman–Crippen MR) is 96.5 cm³/mol.